The zero-order valence-corrected chi connectivity index (χ0v) is 10.7. The minimum absolute atomic E-state index is 0.302. The lowest BCUT2D eigenvalue weighted by molar-refractivity contribution is 0.269. The van der Waals surface area contributed by atoms with E-state index in [0.717, 1.165) is 6.54 Å². The summed E-state index contributed by atoms with van der Waals surface area (Å²) in [5.41, 5.74) is 6.21. The number of hydrogen-bond donors (Lipinski definition) is 2. The Hall–Kier alpha value is -1.07. The van der Waals surface area contributed by atoms with E-state index in [4.69, 9.17) is 17.3 Å². The van der Waals surface area contributed by atoms with Gasteiger partial charge < -0.3 is 11.1 Å². The molecule has 1 aliphatic rings. The largest absolute Gasteiger partial charge is 0.393 e. The molecule has 1 aliphatic heterocycles. The van der Waals surface area contributed by atoms with Crippen LogP contribution >= 0.6 is 11.6 Å². The number of rotatable bonds is 4. The molecular formula is C11H18ClN5. The zero-order chi connectivity index (χ0) is 12.3. The molecule has 0 aliphatic carbocycles. The highest BCUT2D eigenvalue weighted by Gasteiger charge is 2.18. The lowest BCUT2D eigenvalue weighted by atomic mass is 10.3. The van der Waals surface area contributed by atoms with Gasteiger partial charge in [-0.05, 0) is 32.9 Å². The monoisotopic (exact) mass is 255 g/mol. The molecule has 6 heteroatoms. The summed E-state index contributed by atoms with van der Waals surface area (Å²) < 4.78 is 0. The Morgan fingerprint density at radius 1 is 1.47 bits per heavy atom. The van der Waals surface area contributed by atoms with E-state index >= 15 is 0 Å². The normalized spacial score (nSPS) is 18.2. The van der Waals surface area contributed by atoms with Crippen LogP contribution in [0.1, 0.15) is 19.8 Å². The number of nitrogens with two attached hydrogens (primary N) is 1. The second kappa shape index (κ2) is 5.51. The molecule has 0 aromatic carbocycles. The van der Waals surface area contributed by atoms with E-state index < -0.39 is 0 Å². The number of nitrogen functional groups attached to an aromatic ring is 1. The molecule has 3 N–H and O–H groups in total. The van der Waals surface area contributed by atoms with E-state index in [0.29, 0.717) is 22.7 Å². The van der Waals surface area contributed by atoms with Gasteiger partial charge in [0, 0.05) is 12.6 Å². The minimum atomic E-state index is 0.302. The van der Waals surface area contributed by atoms with Gasteiger partial charge in [0.25, 0.3) is 0 Å². The number of nitrogens with zero attached hydrogens (tertiary/aromatic N) is 3. The zero-order valence-electron chi connectivity index (χ0n) is 9.99. The standard InChI is InChI=1S/C11H18ClN5/c1-8(17-4-2-3-5-17)6-14-11-9(13)10(12)15-7-16-11/h7-8H,2-6,13H2,1H3,(H,14,15,16). The first-order valence-corrected chi connectivity index (χ1v) is 6.30. The molecule has 0 radical (unpaired) electrons. The van der Waals surface area contributed by atoms with Gasteiger partial charge in [0.2, 0.25) is 0 Å². The van der Waals surface area contributed by atoms with Gasteiger partial charge in [-0.1, -0.05) is 11.6 Å². The summed E-state index contributed by atoms with van der Waals surface area (Å²) in [4.78, 5) is 10.4. The first-order valence-electron chi connectivity index (χ1n) is 5.92. The quantitative estimate of drug-likeness (QED) is 0.800. The van der Waals surface area contributed by atoms with Crippen molar-refractivity contribution in [3.63, 3.8) is 0 Å². The van der Waals surface area contributed by atoms with Gasteiger partial charge in [-0.2, -0.15) is 0 Å². The van der Waals surface area contributed by atoms with E-state index in [-0.39, 0.29) is 0 Å². The van der Waals surface area contributed by atoms with Crippen LogP contribution in [0, 0.1) is 0 Å². The van der Waals surface area contributed by atoms with Gasteiger partial charge in [-0.3, -0.25) is 4.90 Å². The molecule has 17 heavy (non-hydrogen) atoms. The van der Waals surface area contributed by atoms with Crippen molar-refractivity contribution in [2.45, 2.75) is 25.8 Å². The van der Waals surface area contributed by atoms with Crippen molar-refractivity contribution in [2.24, 2.45) is 0 Å². The summed E-state index contributed by atoms with van der Waals surface area (Å²) in [6, 6.07) is 0.477. The maximum Gasteiger partial charge on any atom is 0.157 e. The summed E-state index contributed by atoms with van der Waals surface area (Å²) in [6.45, 7) is 5.39. The Bertz CT molecular complexity index is 378. The molecule has 0 spiro atoms. The summed E-state index contributed by atoms with van der Waals surface area (Å²) >= 11 is 5.83. The van der Waals surface area contributed by atoms with Crippen LogP contribution in [0.2, 0.25) is 5.15 Å². The molecule has 1 atom stereocenters. The lowest BCUT2D eigenvalue weighted by Crippen LogP contribution is -2.35. The summed E-state index contributed by atoms with van der Waals surface area (Å²) in [7, 11) is 0. The third-order valence-electron chi connectivity index (χ3n) is 3.16. The smallest absolute Gasteiger partial charge is 0.157 e. The SMILES string of the molecule is CC(CNc1ncnc(Cl)c1N)N1CCCC1. The van der Waals surface area contributed by atoms with Crippen LogP contribution in [-0.4, -0.2) is 40.5 Å². The van der Waals surface area contributed by atoms with E-state index in [2.05, 4.69) is 27.1 Å². The molecule has 2 rings (SSSR count). The van der Waals surface area contributed by atoms with Crippen molar-refractivity contribution >= 4 is 23.1 Å². The van der Waals surface area contributed by atoms with Gasteiger partial charge in [0.15, 0.2) is 11.0 Å². The summed E-state index contributed by atoms with van der Waals surface area (Å²) in [5.74, 6) is 0.621. The van der Waals surface area contributed by atoms with E-state index in [1.165, 1.54) is 32.3 Å². The Morgan fingerprint density at radius 2 is 2.18 bits per heavy atom. The van der Waals surface area contributed by atoms with Crippen molar-refractivity contribution in [2.75, 3.05) is 30.7 Å². The van der Waals surface area contributed by atoms with E-state index in [1.807, 2.05) is 0 Å². The van der Waals surface area contributed by atoms with Crippen LogP contribution in [0.5, 0.6) is 0 Å². The Labute approximate surface area is 106 Å². The average molecular weight is 256 g/mol. The Balaban J connectivity index is 1.90. The van der Waals surface area contributed by atoms with Gasteiger partial charge in [0.05, 0.1) is 0 Å². The minimum Gasteiger partial charge on any atom is -0.393 e. The molecule has 0 bridgehead atoms. The van der Waals surface area contributed by atoms with Crippen LogP contribution in [0.4, 0.5) is 11.5 Å². The van der Waals surface area contributed by atoms with Crippen molar-refractivity contribution in [1.29, 1.82) is 0 Å². The second-order valence-electron chi connectivity index (χ2n) is 4.40. The van der Waals surface area contributed by atoms with Crippen LogP contribution < -0.4 is 11.1 Å². The molecule has 1 saturated heterocycles. The molecule has 0 amide bonds. The number of anilines is 2. The molecular weight excluding hydrogens is 238 g/mol. The predicted octanol–water partition coefficient (Wildman–Crippen LogP) is 1.61. The summed E-state index contributed by atoms with van der Waals surface area (Å²) in [5, 5.41) is 3.53. The fraction of sp³-hybridized carbons (Fsp3) is 0.636. The molecule has 1 unspecified atom stereocenters. The number of hydrogen-bond acceptors (Lipinski definition) is 5. The topological polar surface area (TPSA) is 67.1 Å². The maximum atomic E-state index is 5.83. The molecule has 1 aromatic heterocycles. The molecule has 5 nitrogen and oxygen atoms in total. The highest BCUT2D eigenvalue weighted by Crippen LogP contribution is 2.22. The van der Waals surface area contributed by atoms with Crippen LogP contribution in [-0.2, 0) is 0 Å². The van der Waals surface area contributed by atoms with Crippen molar-refractivity contribution in [1.82, 2.24) is 14.9 Å². The molecule has 1 fully saturated rings. The van der Waals surface area contributed by atoms with Crippen molar-refractivity contribution in [3.8, 4) is 0 Å². The Morgan fingerprint density at radius 3 is 2.88 bits per heavy atom. The average Bonchev–Trinajstić information content (AvgIpc) is 2.84. The molecule has 2 heterocycles. The third-order valence-corrected chi connectivity index (χ3v) is 3.47. The number of halogens is 1. The predicted molar refractivity (Wildman–Crippen MR) is 70.2 cm³/mol. The second-order valence-corrected chi connectivity index (χ2v) is 4.76. The van der Waals surface area contributed by atoms with Crippen LogP contribution in [0.15, 0.2) is 6.33 Å². The Kier molecular flexibility index (Phi) is 4.02. The number of likely N-dealkylation sites (tertiary alicyclic amines) is 1. The van der Waals surface area contributed by atoms with Crippen LogP contribution in [0.25, 0.3) is 0 Å². The number of nitrogens with one attached hydrogen (secondary N) is 1. The third kappa shape index (κ3) is 2.98. The van der Waals surface area contributed by atoms with Gasteiger partial charge in [-0.15, -0.1) is 0 Å². The van der Waals surface area contributed by atoms with E-state index in [1.54, 1.807) is 0 Å². The molecule has 94 valence electrons. The summed E-state index contributed by atoms with van der Waals surface area (Å²) in [6.07, 6.45) is 4.01. The first kappa shape index (κ1) is 12.4. The number of aromatic nitrogens is 2. The molecule has 1 aromatic rings. The highest BCUT2D eigenvalue weighted by atomic mass is 35.5. The highest BCUT2D eigenvalue weighted by molar-refractivity contribution is 6.32. The van der Waals surface area contributed by atoms with E-state index in [9.17, 15) is 0 Å². The van der Waals surface area contributed by atoms with Crippen molar-refractivity contribution in [3.05, 3.63) is 11.5 Å². The van der Waals surface area contributed by atoms with Crippen molar-refractivity contribution < 1.29 is 0 Å². The van der Waals surface area contributed by atoms with Gasteiger partial charge in [0.1, 0.15) is 12.0 Å². The van der Waals surface area contributed by atoms with Crippen LogP contribution in [0.3, 0.4) is 0 Å². The molecule has 0 saturated carbocycles. The van der Waals surface area contributed by atoms with Gasteiger partial charge >= 0.3 is 0 Å². The van der Waals surface area contributed by atoms with Gasteiger partial charge in [-0.25, -0.2) is 9.97 Å². The fourth-order valence-electron chi connectivity index (χ4n) is 2.07. The maximum absolute atomic E-state index is 5.83. The lowest BCUT2D eigenvalue weighted by Gasteiger charge is -2.24. The first-order chi connectivity index (χ1) is 8.18. The fourth-order valence-corrected chi connectivity index (χ4v) is 2.20.